The summed E-state index contributed by atoms with van der Waals surface area (Å²) in [5, 5.41) is 9.46. The Morgan fingerprint density at radius 2 is 1.93 bits per heavy atom. The van der Waals surface area contributed by atoms with Crippen molar-refractivity contribution < 1.29 is 5.11 Å². The molecule has 2 rings (SSSR count). The van der Waals surface area contributed by atoms with Gasteiger partial charge >= 0.3 is 0 Å². The molecule has 1 heteroatoms. The van der Waals surface area contributed by atoms with E-state index in [1.54, 1.807) is 0 Å². The number of hydrogen-bond acceptors (Lipinski definition) is 1. The smallest absolute Gasteiger partial charge is 0.0490 e. The third kappa shape index (κ3) is 1.98. The van der Waals surface area contributed by atoms with Gasteiger partial charge in [0.2, 0.25) is 0 Å². The zero-order chi connectivity index (χ0) is 10.0. The fourth-order valence-electron chi connectivity index (χ4n) is 2.17. The van der Waals surface area contributed by atoms with Gasteiger partial charge in [-0.2, -0.15) is 0 Å². The van der Waals surface area contributed by atoms with E-state index >= 15 is 0 Å². The normalized spacial score (nSPS) is 20.4. The first-order valence-electron chi connectivity index (χ1n) is 5.39. The minimum absolute atomic E-state index is 0.112. The molecular weight excluding hydrogens is 172 g/mol. The third-order valence-corrected chi connectivity index (χ3v) is 3.37. The van der Waals surface area contributed by atoms with E-state index in [1.807, 2.05) is 6.07 Å². The molecule has 1 aromatic rings. The quantitative estimate of drug-likeness (QED) is 0.774. The summed E-state index contributed by atoms with van der Waals surface area (Å²) in [5.41, 5.74) is 1.46. The fraction of sp³-hybridized carbons (Fsp3) is 0.538. The number of aliphatic hydroxyl groups excluding tert-OH is 1. The van der Waals surface area contributed by atoms with Crippen molar-refractivity contribution in [2.45, 2.75) is 26.2 Å². The van der Waals surface area contributed by atoms with E-state index in [0.717, 1.165) is 12.3 Å². The number of hydrogen-bond donors (Lipinski definition) is 1. The molecule has 0 heterocycles. The lowest BCUT2D eigenvalue weighted by molar-refractivity contribution is 0.119. The lowest BCUT2D eigenvalue weighted by Gasteiger charge is -2.27. The zero-order valence-corrected chi connectivity index (χ0v) is 8.74. The van der Waals surface area contributed by atoms with E-state index < -0.39 is 0 Å². The summed E-state index contributed by atoms with van der Waals surface area (Å²) in [6.45, 7) is 2.52. The van der Waals surface area contributed by atoms with Gasteiger partial charge in [0.05, 0.1) is 0 Å². The Labute approximate surface area is 85.8 Å². The molecule has 76 valence electrons. The highest BCUT2D eigenvalue weighted by molar-refractivity contribution is 5.17. The maximum atomic E-state index is 9.46. The first kappa shape index (κ1) is 9.72. The Bertz CT molecular complexity index is 289. The van der Waals surface area contributed by atoms with Gasteiger partial charge in [-0.1, -0.05) is 37.3 Å². The van der Waals surface area contributed by atoms with Gasteiger partial charge in [-0.25, -0.2) is 0 Å². The monoisotopic (exact) mass is 190 g/mol. The van der Waals surface area contributed by atoms with Crippen molar-refractivity contribution in [3.63, 3.8) is 0 Å². The maximum absolute atomic E-state index is 9.46. The second-order valence-corrected chi connectivity index (χ2v) is 4.75. The molecule has 1 fully saturated rings. The molecule has 1 saturated carbocycles. The highest BCUT2D eigenvalue weighted by Crippen LogP contribution is 2.46. The van der Waals surface area contributed by atoms with E-state index in [9.17, 15) is 5.11 Å². The Morgan fingerprint density at radius 1 is 1.29 bits per heavy atom. The van der Waals surface area contributed by atoms with Crippen LogP contribution in [-0.4, -0.2) is 11.7 Å². The molecular formula is C13H18O. The summed E-state index contributed by atoms with van der Waals surface area (Å²) in [5.74, 6) is 0.743. The zero-order valence-electron chi connectivity index (χ0n) is 8.74. The molecule has 1 aromatic carbocycles. The minimum atomic E-state index is 0.112. The van der Waals surface area contributed by atoms with Crippen molar-refractivity contribution in [3.8, 4) is 0 Å². The average molecular weight is 190 g/mol. The molecule has 0 bridgehead atoms. The van der Waals surface area contributed by atoms with Crippen molar-refractivity contribution in [3.05, 3.63) is 35.9 Å². The Kier molecular flexibility index (Phi) is 2.60. The molecule has 1 aliphatic carbocycles. The van der Waals surface area contributed by atoms with Crippen LogP contribution in [0.25, 0.3) is 0 Å². The molecule has 0 radical (unpaired) electrons. The van der Waals surface area contributed by atoms with Crippen LogP contribution in [0.4, 0.5) is 0 Å². The fourth-order valence-corrected chi connectivity index (χ4v) is 2.17. The van der Waals surface area contributed by atoms with Gasteiger partial charge in [0.15, 0.2) is 0 Å². The lowest BCUT2D eigenvalue weighted by atomic mass is 9.80. The van der Waals surface area contributed by atoms with Crippen LogP contribution in [0, 0.1) is 11.3 Å². The van der Waals surface area contributed by atoms with E-state index in [1.165, 1.54) is 18.4 Å². The molecule has 1 nitrogen and oxygen atoms in total. The third-order valence-electron chi connectivity index (χ3n) is 3.37. The van der Waals surface area contributed by atoms with Gasteiger partial charge in [0, 0.05) is 6.61 Å². The van der Waals surface area contributed by atoms with E-state index in [0.29, 0.717) is 6.61 Å². The molecule has 0 saturated heterocycles. The van der Waals surface area contributed by atoms with Crippen molar-refractivity contribution >= 4 is 0 Å². The SMILES string of the molecule is CC(CO)(Cc1ccccc1)C1CC1. The summed E-state index contributed by atoms with van der Waals surface area (Å²) in [6, 6.07) is 10.5. The summed E-state index contributed by atoms with van der Waals surface area (Å²) in [6.07, 6.45) is 3.60. The van der Waals surface area contributed by atoms with Crippen LogP contribution in [0.2, 0.25) is 0 Å². The van der Waals surface area contributed by atoms with Gasteiger partial charge < -0.3 is 5.11 Å². The molecule has 0 spiro atoms. The van der Waals surface area contributed by atoms with E-state index in [-0.39, 0.29) is 5.41 Å². The predicted molar refractivity (Wildman–Crippen MR) is 58.1 cm³/mol. The summed E-state index contributed by atoms with van der Waals surface area (Å²) < 4.78 is 0. The van der Waals surface area contributed by atoms with E-state index in [2.05, 4.69) is 31.2 Å². The molecule has 0 amide bonds. The van der Waals surface area contributed by atoms with Crippen LogP contribution in [0.3, 0.4) is 0 Å². The molecule has 1 atom stereocenters. The van der Waals surface area contributed by atoms with Gasteiger partial charge in [-0.05, 0) is 36.2 Å². The van der Waals surface area contributed by atoms with Crippen LogP contribution in [0.5, 0.6) is 0 Å². The predicted octanol–water partition coefficient (Wildman–Crippen LogP) is 2.64. The maximum Gasteiger partial charge on any atom is 0.0490 e. The van der Waals surface area contributed by atoms with Gasteiger partial charge in [-0.15, -0.1) is 0 Å². The number of benzene rings is 1. The van der Waals surface area contributed by atoms with Crippen LogP contribution < -0.4 is 0 Å². The topological polar surface area (TPSA) is 20.2 Å². The van der Waals surface area contributed by atoms with Crippen molar-refractivity contribution in [1.29, 1.82) is 0 Å². The molecule has 1 unspecified atom stereocenters. The first-order chi connectivity index (χ1) is 6.74. The van der Waals surface area contributed by atoms with Crippen LogP contribution in [0.1, 0.15) is 25.3 Å². The molecule has 1 N–H and O–H groups in total. The highest BCUT2D eigenvalue weighted by atomic mass is 16.3. The van der Waals surface area contributed by atoms with Crippen molar-refractivity contribution in [2.75, 3.05) is 6.61 Å². The number of aliphatic hydroxyl groups is 1. The van der Waals surface area contributed by atoms with Crippen molar-refractivity contribution in [2.24, 2.45) is 11.3 Å². The Hall–Kier alpha value is -0.820. The summed E-state index contributed by atoms with van der Waals surface area (Å²) >= 11 is 0. The Balaban J connectivity index is 2.08. The van der Waals surface area contributed by atoms with Gasteiger partial charge in [0.1, 0.15) is 0 Å². The van der Waals surface area contributed by atoms with Gasteiger partial charge in [-0.3, -0.25) is 0 Å². The second-order valence-electron chi connectivity index (χ2n) is 4.75. The molecule has 0 aromatic heterocycles. The summed E-state index contributed by atoms with van der Waals surface area (Å²) in [7, 11) is 0. The largest absolute Gasteiger partial charge is 0.396 e. The number of rotatable bonds is 4. The Morgan fingerprint density at radius 3 is 2.43 bits per heavy atom. The second kappa shape index (κ2) is 3.74. The molecule has 1 aliphatic rings. The van der Waals surface area contributed by atoms with Crippen LogP contribution in [0.15, 0.2) is 30.3 Å². The standard InChI is InChI=1S/C13H18O/c1-13(10-14,12-7-8-12)9-11-5-3-2-4-6-11/h2-6,12,14H,7-10H2,1H3. The molecule has 14 heavy (non-hydrogen) atoms. The minimum Gasteiger partial charge on any atom is -0.396 e. The van der Waals surface area contributed by atoms with Crippen LogP contribution >= 0.6 is 0 Å². The van der Waals surface area contributed by atoms with Gasteiger partial charge in [0.25, 0.3) is 0 Å². The van der Waals surface area contributed by atoms with Crippen molar-refractivity contribution in [1.82, 2.24) is 0 Å². The first-order valence-corrected chi connectivity index (χ1v) is 5.39. The summed E-state index contributed by atoms with van der Waals surface area (Å²) in [4.78, 5) is 0. The average Bonchev–Trinajstić information content (AvgIpc) is 3.03. The van der Waals surface area contributed by atoms with Crippen LogP contribution in [-0.2, 0) is 6.42 Å². The lowest BCUT2D eigenvalue weighted by Crippen LogP contribution is -2.26. The highest BCUT2D eigenvalue weighted by Gasteiger charge is 2.40. The molecule has 0 aliphatic heterocycles. The van der Waals surface area contributed by atoms with E-state index in [4.69, 9.17) is 0 Å².